The Hall–Kier alpha value is -0.0600. The van der Waals surface area contributed by atoms with Crippen LogP contribution in [-0.2, 0) is 6.42 Å². The average Bonchev–Trinajstić information content (AvgIpc) is 2.70. The molecule has 0 fully saturated rings. The summed E-state index contributed by atoms with van der Waals surface area (Å²) < 4.78 is 1.08. The summed E-state index contributed by atoms with van der Waals surface area (Å²) in [5, 5.41) is 1.39. The summed E-state index contributed by atoms with van der Waals surface area (Å²) in [4.78, 5) is 1.13. The van der Waals surface area contributed by atoms with E-state index >= 15 is 0 Å². The molecule has 0 amide bonds. The van der Waals surface area contributed by atoms with E-state index in [1.165, 1.54) is 0 Å². The van der Waals surface area contributed by atoms with Crippen molar-refractivity contribution in [2.75, 3.05) is 0 Å². The molecular weight excluding hydrogens is 341 g/mol. The van der Waals surface area contributed by atoms with Crippen molar-refractivity contribution in [3.8, 4) is 0 Å². The van der Waals surface area contributed by atoms with Gasteiger partial charge in [0.15, 0.2) is 0 Å². The third-order valence-corrected chi connectivity index (χ3v) is 4.77. The first-order valence-electron chi connectivity index (χ1n) is 5.01. The minimum Gasteiger partial charge on any atom is -0.323 e. The molecule has 1 aromatic carbocycles. The van der Waals surface area contributed by atoms with Crippen LogP contribution in [0.2, 0.25) is 10.0 Å². The van der Waals surface area contributed by atoms with E-state index in [2.05, 4.69) is 15.9 Å². The fourth-order valence-corrected chi connectivity index (χ4v) is 3.38. The highest BCUT2D eigenvalue weighted by Crippen LogP contribution is 2.30. The van der Waals surface area contributed by atoms with Gasteiger partial charge in [-0.1, -0.05) is 23.2 Å². The summed E-state index contributed by atoms with van der Waals surface area (Å²) in [6, 6.07) is 9.42. The lowest BCUT2D eigenvalue weighted by Crippen LogP contribution is -2.12. The van der Waals surface area contributed by atoms with Crippen LogP contribution in [0, 0.1) is 0 Å². The summed E-state index contributed by atoms with van der Waals surface area (Å²) in [5.74, 6) is 0. The van der Waals surface area contributed by atoms with Gasteiger partial charge in [-0.2, -0.15) is 0 Å². The lowest BCUT2D eigenvalue weighted by atomic mass is 10.1. The second-order valence-electron chi connectivity index (χ2n) is 3.69. The Morgan fingerprint density at radius 1 is 1.24 bits per heavy atom. The molecule has 1 heterocycles. The number of halogens is 3. The normalized spacial score (nSPS) is 12.7. The molecule has 1 nitrogen and oxygen atoms in total. The van der Waals surface area contributed by atoms with Crippen molar-refractivity contribution in [3.05, 3.63) is 54.6 Å². The SMILES string of the molecule is NC(Cc1cc(Cl)ccc1Cl)c1ccc(Br)s1. The molecule has 5 heteroatoms. The molecule has 0 aliphatic rings. The largest absolute Gasteiger partial charge is 0.323 e. The minimum atomic E-state index is -0.0535. The van der Waals surface area contributed by atoms with Gasteiger partial charge >= 0.3 is 0 Å². The number of hydrogen-bond acceptors (Lipinski definition) is 2. The predicted octanol–water partition coefficient (Wildman–Crippen LogP) is 5.06. The predicted molar refractivity (Wildman–Crippen MR) is 79.1 cm³/mol. The second-order valence-corrected chi connectivity index (χ2v) is 7.03. The molecule has 0 bridgehead atoms. The summed E-state index contributed by atoms with van der Waals surface area (Å²) in [6.45, 7) is 0. The maximum atomic E-state index is 6.15. The zero-order valence-corrected chi connectivity index (χ0v) is 12.7. The zero-order valence-electron chi connectivity index (χ0n) is 8.79. The number of rotatable bonds is 3. The summed E-state index contributed by atoms with van der Waals surface area (Å²) in [7, 11) is 0. The Bertz CT molecular complexity index is 527. The number of nitrogens with two attached hydrogens (primary N) is 1. The van der Waals surface area contributed by atoms with E-state index in [4.69, 9.17) is 28.9 Å². The average molecular weight is 351 g/mol. The topological polar surface area (TPSA) is 26.0 Å². The van der Waals surface area contributed by atoms with Crippen LogP contribution in [0.4, 0.5) is 0 Å². The molecule has 0 saturated heterocycles. The molecular formula is C12H10BrCl2NS. The van der Waals surface area contributed by atoms with E-state index in [-0.39, 0.29) is 6.04 Å². The van der Waals surface area contributed by atoms with Gasteiger partial charge in [0.1, 0.15) is 0 Å². The van der Waals surface area contributed by atoms with Crippen molar-refractivity contribution in [3.63, 3.8) is 0 Å². The molecule has 17 heavy (non-hydrogen) atoms. The molecule has 0 radical (unpaired) electrons. The first-order chi connectivity index (χ1) is 8.06. The van der Waals surface area contributed by atoms with Crippen LogP contribution in [0.1, 0.15) is 16.5 Å². The Balaban J connectivity index is 2.18. The van der Waals surface area contributed by atoms with Gasteiger partial charge < -0.3 is 5.73 Å². The van der Waals surface area contributed by atoms with Gasteiger partial charge in [0.05, 0.1) is 3.79 Å². The van der Waals surface area contributed by atoms with E-state index < -0.39 is 0 Å². The first kappa shape index (κ1) is 13.4. The van der Waals surface area contributed by atoms with E-state index in [9.17, 15) is 0 Å². The number of thiophene rings is 1. The Kier molecular flexibility index (Phi) is 4.50. The van der Waals surface area contributed by atoms with Crippen molar-refractivity contribution in [2.45, 2.75) is 12.5 Å². The molecule has 0 aliphatic heterocycles. The van der Waals surface area contributed by atoms with Crippen LogP contribution in [-0.4, -0.2) is 0 Å². The van der Waals surface area contributed by atoms with Crippen LogP contribution >= 0.6 is 50.5 Å². The Morgan fingerprint density at radius 3 is 2.65 bits per heavy atom. The van der Waals surface area contributed by atoms with Crippen molar-refractivity contribution >= 4 is 50.5 Å². The minimum absolute atomic E-state index is 0.0535. The van der Waals surface area contributed by atoms with Gasteiger partial charge in [0.25, 0.3) is 0 Å². The van der Waals surface area contributed by atoms with Crippen molar-refractivity contribution in [2.24, 2.45) is 5.73 Å². The van der Waals surface area contributed by atoms with Gasteiger partial charge in [-0.15, -0.1) is 11.3 Å². The highest BCUT2D eigenvalue weighted by atomic mass is 79.9. The molecule has 2 rings (SSSR count). The van der Waals surface area contributed by atoms with Crippen molar-refractivity contribution in [1.29, 1.82) is 0 Å². The molecule has 0 saturated carbocycles. The van der Waals surface area contributed by atoms with E-state index in [1.807, 2.05) is 18.2 Å². The van der Waals surface area contributed by atoms with Crippen LogP contribution in [0.3, 0.4) is 0 Å². The maximum absolute atomic E-state index is 6.15. The second kappa shape index (κ2) is 5.72. The van der Waals surface area contributed by atoms with Gasteiger partial charge in [0, 0.05) is 21.0 Å². The third kappa shape index (κ3) is 3.46. The highest BCUT2D eigenvalue weighted by Gasteiger charge is 2.12. The van der Waals surface area contributed by atoms with Crippen LogP contribution in [0.5, 0.6) is 0 Å². The summed E-state index contributed by atoms with van der Waals surface area (Å²) >= 11 is 17.1. The first-order valence-corrected chi connectivity index (χ1v) is 7.37. The van der Waals surface area contributed by atoms with Crippen LogP contribution < -0.4 is 5.73 Å². The molecule has 90 valence electrons. The molecule has 1 atom stereocenters. The van der Waals surface area contributed by atoms with Gasteiger partial charge in [0.2, 0.25) is 0 Å². The number of hydrogen-bond donors (Lipinski definition) is 1. The molecule has 1 aromatic heterocycles. The fourth-order valence-electron chi connectivity index (χ4n) is 1.56. The molecule has 2 N–H and O–H groups in total. The number of benzene rings is 1. The van der Waals surface area contributed by atoms with Crippen LogP contribution in [0.25, 0.3) is 0 Å². The van der Waals surface area contributed by atoms with E-state index in [0.717, 1.165) is 14.2 Å². The monoisotopic (exact) mass is 349 g/mol. The third-order valence-electron chi connectivity index (χ3n) is 2.41. The molecule has 2 aromatic rings. The highest BCUT2D eigenvalue weighted by molar-refractivity contribution is 9.11. The zero-order chi connectivity index (χ0) is 12.4. The van der Waals surface area contributed by atoms with Gasteiger partial charge in [-0.25, -0.2) is 0 Å². The fraction of sp³-hybridized carbons (Fsp3) is 0.167. The van der Waals surface area contributed by atoms with Crippen molar-refractivity contribution < 1.29 is 0 Å². The van der Waals surface area contributed by atoms with E-state index in [0.29, 0.717) is 16.5 Å². The Morgan fingerprint density at radius 2 is 2.00 bits per heavy atom. The van der Waals surface area contributed by atoms with Crippen molar-refractivity contribution in [1.82, 2.24) is 0 Å². The maximum Gasteiger partial charge on any atom is 0.0701 e. The molecule has 0 aliphatic carbocycles. The van der Waals surface area contributed by atoms with Gasteiger partial charge in [-0.3, -0.25) is 0 Å². The standard InChI is InChI=1S/C12H10BrCl2NS/c13-12-4-3-11(17-12)10(16)6-7-5-8(14)1-2-9(7)15/h1-5,10H,6,16H2. The van der Waals surface area contributed by atoms with E-state index in [1.54, 1.807) is 23.5 Å². The lowest BCUT2D eigenvalue weighted by Gasteiger charge is -2.11. The summed E-state index contributed by atoms with van der Waals surface area (Å²) in [5.41, 5.74) is 7.13. The Labute approximate surface area is 123 Å². The molecule has 0 spiro atoms. The van der Waals surface area contributed by atoms with Gasteiger partial charge in [-0.05, 0) is 58.2 Å². The smallest absolute Gasteiger partial charge is 0.0701 e. The summed E-state index contributed by atoms with van der Waals surface area (Å²) in [6.07, 6.45) is 0.687. The quantitative estimate of drug-likeness (QED) is 0.822. The molecule has 1 unspecified atom stereocenters. The lowest BCUT2D eigenvalue weighted by molar-refractivity contribution is 0.737. The van der Waals surface area contributed by atoms with Crippen LogP contribution in [0.15, 0.2) is 34.1 Å².